The molecule has 4 rings (SSSR count). The Balaban J connectivity index is 1.21. The Bertz CT molecular complexity index is 1020. The maximum atomic E-state index is 12.5. The highest BCUT2D eigenvalue weighted by atomic mass is 16.5. The SMILES string of the molecule is COc1cc(CNC(=O)CCC(=O)N2CCC(c3ccccc3)=N2)ccc1OCC1CCCO1. The monoisotopic (exact) mass is 465 g/mol. The van der Waals surface area contributed by atoms with Gasteiger partial charge in [0.05, 0.1) is 25.5 Å². The van der Waals surface area contributed by atoms with Gasteiger partial charge in [-0.3, -0.25) is 9.59 Å². The van der Waals surface area contributed by atoms with Crippen LogP contribution in [0.15, 0.2) is 53.6 Å². The lowest BCUT2D eigenvalue weighted by Crippen LogP contribution is -2.27. The van der Waals surface area contributed by atoms with Gasteiger partial charge >= 0.3 is 0 Å². The highest BCUT2D eigenvalue weighted by molar-refractivity contribution is 6.02. The molecule has 0 spiro atoms. The largest absolute Gasteiger partial charge is 0.493 e. The van der Waals surface area contributed by atoms with Crippen molar-refractivity contribution in [2.24, 2.45) is 5.10 Å². The summed E-state index contributed by atoms with van der Waals surface area (Å²) in [5.74, 6) is 0.939. The number of ether oxygens (including phenoxy) is 3. The summed E-state index contributed by atoms with van der Waals surface area (Å²) >= 11 is 0. The summed E-state index contributed by atoms with van der Waals surface area (Å²) in [6.07, 6.45) is 3.16. The van der Waals surface area contributed by atoms with E-state index >= 15 is 0 Å². The van der Waals surface area contributed by atoms with Crippen LogP contribution in [0.25, 0.3) is 0 Å². The first-order chi connectivity index (χ1) is 16.6. The summed E-state index contributed by atoms with van der Waals surface area (Å²) in [5.41, 5.74) is 2.81. The van der Waals surface area contributed by atoms with E-state index in [1.165, 1.54) is 5.01 Å². The van der Waals surface area contributed by atoms with Crippen LogP contribution in [-0.2, 0) is 20.9 Å². The number of methoxy groups -OCH3 is 1. The first kappa shape index (κ1) is 23.8. The van der Waals surface area contributed by atoms with Crippen LogP contribution in [0.2, 0.25) is 0 Å². The minimum Gasteiger partial charge on any atom is -0.493 e. The molecule has 2 aliphatic rings. The molecule has 0 aliphatic carbocycles. The van der Waals surface area contributed by atoms with Crippen molar-refractivity contribution in [2.75, 3.05) is 26.9 Å². The van der Waals surface area contributed by atoms with Crippen molar-refractivity contribution in [2.45, 2.75) is 44.8 Å². The summed E-state index contributed by atoms with van der Waals surface area (Å²) < 4.78 is 16.9. The normalized spacial score (nSPS) is 17.4. The molecular formula is C26H31N3O5. The lowest BCUT2D eigenvalue weighted by Gasteiger charge is -2.15. The van der Waals surface area contributed by atoms with E-state index in [0.717, 1.165) is 42.7 Å². The van der Waals surface area contributed by atoms with Crippen LogP contribution in [0.4, 0.5) is 0 Å². The van der Waals surface area contributed by atoms with Crippen molar-refractivity contribution in [3.05, 3.63) is 59.7 Å². The van der Waals surface area contributed by atoms with Gasteiger partial charge in [0.1, 0.15) is 6.61 Å². The second kappa shape index (κ2) is 11.7. The van der Waals surface area contributed by atoms with E-state index in [2.05, 4.69) is 10.4 Å². The number of rotatable bonds is 10. The summed E-state index contributed by atoms with van der Waals surface area (Å²) in [6, 6.07) is 15.4. The molecule has 0 saturated carbocycles. The van der Waals surface area contributed by atoms with E-state index in [-0.39, 0.29) is 30.8 Å². The molecule has 2 amide bonds. The number of carbonyl (C=O) groups excluding carboxylic acids is 2. The third-order valence-corrected chi connectivity index (χ3v) is 5.93. The van der Waals surface area contributed by atoms with Crippen molar-refractivity contribution in [1.82, 2.24) is 10.3 Å². The molecule has 1 atom stereocenters. The van der Waals surface area contributed by atoms with E-state index in [1.54, 1.807) is 7.11 Å². The van der Waals surface area contributed by atoms with Gasteiger partial charge in [0.15, 0.2) is 11.5 Å². The van der Waals surface area contributed by atoms with Gasteiger partial charge in [0, 0.05) is 32.4 Å². The fourth-order valence-corrected chi connectivity index (χ4v) is 4.01. The lowest BCUT2D eigenvalue weighted by molar-refractivity contribution is -0.133. The zero-order valence-corrected chi connectivity index (χ0v) is 19.5. The van der Waals surface area contributed by atoms with Crippen molar-refractivity contribution in [1.29, 1.82) is 0 Å². The Morgan fingerprint density at radius 2 is 2.00 bits per heavy atom. The molecule has 1 fully saturated rings. The molecule has 2 aromatic rings. The molecule has 1 N–H and O–H groups in total. The van der Waals surface area contributed by atoms with E-state index < -0.39 is 0 Å². The molecule has 180 valence electrons. The van der Waals surface area contributed by atoms with Gasteiger partial charge in [-0.15, -0.1) is 0 Å². The van der Waals surface area contributed by atoms with Gasteiger partial charge in [-0.2, -0.15) is 5.10 Å². The second-order valence-corrected chi connectivity index (χ2v) is 8.39. The molecule has 2 heterocycles. The fraction of sp³-hybridized carbons (Fsp3) is 0.423. The first-order valence-corrected chi connectivity index (χ1v) is 11.7. The number of nitrogens with zero attached hydrogens (tertiary/aromatic N) is 2. The molecule has 0 radical (unpaired) electrons. The Hall–Kier alpha value is -3.39. The van der Waals surface area contributed by atoms with E-state index in [9.17, 15) is 9.59 Å². The van der Waals surface area contributed by atoms with E-state index in [1.807, 2.05) is 48.5 Å². The van der Waals surface area contributed by atoms with Crippen LogP contribution in [-0.4, -0.2) is 55.5 Å². The van der Waals surface area contributed by atoms with Crippen LogP contribution >= 0.6 is 0 Å². The Kier molecular flexibility index (Phi) is 8.14. The van der Waals surface area contributed by atoms with Crippen molar-refractivity contribution in [3.63, 3.8) is 0 Å². The standard InChI is InChI=1S/C26H31N3O5/c1-32-24-16-19(9-10-23(24)34-18-21-8-5-15-33-21)17-27-25(30)11-12-26(31)29-14-13-22(28-29)20-6-3-2-4-7-20/h2-4,6-7,9-10,16,21H,5,8,11-15,17-18H2,1H3,(H,27,30). The smallest absolute Gasteiger partial charge is 0.243 e. The number of amides is 2. The fourth-order valence-electron chi connectivity index (χ4n) is 4.01. The first-order valence-electron chi connectivity index (χ1n) is 11.7. The van der Waals surface area contributed by atoms with Crippen molar-refractivity contribution < 1.29 is 23.8 Å². The van der Waals surface area contributed by atoms with Crippen LogP contribution in [0.1, 0.15) is 43.2 Å². The summed E-state index contributed by atoms with van der Waals surface area (Å²) in [5, 5.41) is 8.77. The van der Waals surface area contributed by atoms with Crippen LogP contribution in [0, 0.1) is 0 Å². The molecule has 34 heavy (non-hydrogen) atoms. The molecule has 8 heteroatoms. The Morgan fingerprint density at radius 1 is 1.15 bits per heavy atom. The highest BCUT2D eigenvalue weighted by Crippen LogP contribution is 2.29. The van der Waals surface area contributed by atoms with Gasteiger partial charge in [-0.25, -0.2) is 5.01 Å². The average Bonchev–Trinajstić information content (AvgIpc) is 3.58. The molecule has 2 aliphatic heterocycles. The molecule has 8 nitrogen and oxygen atoms in total. The van der Waals surface area contributed by atoms with Crippen LogP contribution in [0.5, 0.6) is 11.5 Å². The number of hydrazone groups is 1. The summed E-state index contributed by atoms with van der Waals surface area (Å²) in [7, 11) is 1.59. The highest BCUT2D eigenvalue weighted by Gasteiger charge is 2.22. The predicted octanol–water partition coefficient (Wildman–Crippen LogP) is 3.29. The molecule has 1 unspecified atom stereocenters. The minimum absolute atomic E-state index is 0.116. The number of hydrogen-bond donors (Lipinski definition) is 1. The third kappa shape index (κ3) is 6.35. The second-order valence-electron chi connectivity index (χ2n) is 8.39. The van der Waals surface area contributed by atoms with Gasteiger partial charge in [-0.1, -0.05) is 36.4 Å². The Morgan fingerprint density at radius 3 is 2.76 bits per heavy atom. The van der Waals surface area contributed by atoms with Gasteiger partial charge in [-0.05, 0) is 36.1 Å². The quantitative estimate of drug-likeness (QED) is 0.582. The lowest BCUT2D eigenvalue weighted by atomic mass is 10.1. The maximum absolute atomic E-state index is 12.5. The summed E-state index contributed by atoms with van der Waals surface area (Å²) in [4.78, 5) is 24.8. The Labute approximate surface area is 199 Å². The summed E-state index contributed by atoms with van der Waals surface area (Å²) in [6.45, 7) is 2.17. The van der Waals surface area contributed by atoms with Gasteiger partial charge in [0.2, 0.25) is 11.8 Å². The van der Waals surface area contributed by atoms with Crippen LogP contribution < -0.4 is 14.8 Å². The van der Waals surface area contributed by atoms with Gasteiger partial charge < -0.3 is 19.5 Å². The average molecular weight is 466 g/mol. The van der Waals surface area contributed by atoms with Gasteiger partial charge in [0.25, 0.3) is 0 Å². The molecule has 0 aromatic heterocycles. The van der Waals surface area contributed by atoms with E-state index in [0.29, 0.717) is 31.2 Å². The van der Waals surface area contributed by atoms with E-state index in [4.69, 9.17) is 14.2 Å². The predicted molar refractivity (Wildman–Crippen MR) is 128 cm³/mol. The molecule has 0 bridgehead atoms. The number of hydrogen-bond acceptors (Lipinski definition) is 6. The number of benzene rings is 2. The van der Waals surface area contributed by atoms with Crippen molar-refractivity contribution in [3.8, 4) is 11.5 Å². The topological polar surface area (TPSA) is 89.5 Å². The number of carbonyl (C=O) groups is 2. The number of nitrogens with one attached hydrogen (secondary N) is 1. The van der Waals surface area contributed by atoms with Crippen molar-refractivity contribution >= 4 is 17.5 Å². The molecule has 1 saturated heterocycles. The third-order valence-electron chi connectivity index (χ3n) is 5.93. The molecular weight excluding hydrogens is 434 g/mol. The molecule has 2 aromatic carbocycles. The zero-order valence-electron chi connectivity index (χ0n) is 19.5. The zero-order chi connectivity index (χ0) is 23.8. The van der Waals surface area contributed by atoms with Crippen LogP contribution in [0.3, 0.4) is 0 Å². The minimum atomic E-state index is -0.183. The maximum Gasteiger partial charge on any atom is 0.243 e.